The van der Waals surface area contributed by atoms with Crippen LogP contribution in [-0.2, 0) is 4.79 Å². The van der Waals surface area contributed by atoms with E-state index in [0.717, 1.165) is 18.4 Å². The number of thiocarbonyl (C=S) groups is 1. The number of hydrogen-bond donors (Lipinski definition) is 2. The predicted octanol–water partition coefficient (Wildman–Crippen LogP) is 1.04. The van der Waals surface area contributed by atoms with E-state index < -0.39 is 12.0 Å². The molecule has 1 saturated heterocycles. The van der Waals surface area contributed by atoms with Crippen molar-refractivity contribution in [2.75, 3.05) is 13.1 Å². The third-order valence-electron chi connectivity index (χ3n) is 3.37. The molecular formula is C14H18N2O2S. The van der Waals surface area contributed by atoms with Crippen molar-refractivity contribution in [2.24, 2.45) is 5.73 Å². The van der Waals surface area contributed by atoms with Gasteiger partial charge in [0.1, 0.15) is 5.92 Å². The SMILES string of the molecule is NC(=S)C(C(=O)N1CCCC(O)C1)c1ccccc1. The fraction of sp³-hybridized carbons (Fsp3) is 0.429. The number of nitrogens with two attached hydrogens (primary N) is 1. The molecule has 2 rings (SSSR count). The zero-order chi connectivity index (χ0) is 13.8. The summed E-state index contributed by atoms with van der Waals surface area (Å²) in [6.07, 6.45) is 1.11. The Labute approximate surface area is 118 Å². The summed E-state index contributed by atoms with van der Waals surface area (Å²) in [5.41, 5.74) is 6.54. The molecule has 0 aromatic heterocycles. The fourth-order valence-corrected chi connectivity index (χ4v) is 2.65. The Morgan fingerprint density at radius 3 is 2.68 bits per heavy atom. The first-order valence-electron chi connectivity index (χ1n) is 6.40. The Bertz CT molecular complexity index is 464. The average molecular weight is 278 g/mol. The largest absolute Gasteiger partial charge is 0.392 e. The summed E-state index contributed by atoms with van der Waals surface area (Å²) < 4.78 is 0. The molecule has 1 aromatic rings. The van der Waals surface area contributed by atoms with Crippen LogP contribution in [0.3, 0.4) is 0 Å². The predicted molar refractivity (Wildman–Crippen MR) is 77.8 cm³/mol. The Kier molecular flexibility index (Phi) is 4.50. The lowest BCUT2D eigenvalue weighted by atomic mass is 9.96. The number of β-amino-alcohol motifs (C(OH)–C–C–N with tert-alkyl or cyclic N) is 1. The Balaban J connectivity index is 2.20. The van der Waals surface area contributed by atoms with Gasteiger partial charge in [-0.15, -0.1) is 0 Å². The zero-order valence-electron chi connectivity index (χ0n) is 10.7. The first-order valence-corrected chi connectivity index (χ1v) is 6.81. The molecule has 4 nitrogen and oxygen atoms in total. The quantitative estimate of drug-likeness (QED) is 0.811. The fourth-order valence-electron chi connectivity index (χ4n) is 2.41. The minimum atomic E-state index is -0.596. The second-order valence-electron chi connectivity index (χ2n) is 4.83. The van der Waals surface area contributed by atoms with Crippen LogP contribution in [0.4, 0.5) is 0 Å². The lowest BCUT2D eigenvalue weighted by Crippen LogP contribution is -2.46. The van der Waals surface area contributed by atoms with Gasteiger partial charge in [-0.1, -0.05) is 42.5 Å². The number of benzene rings is 1. The van der Waals surface area contributed by atoms with Crippen molar-refractivity contribution in [1.82, 2.24) is 4.90 Å². The van der Waals surface area contributed by atoms with E-state index in [9.17, 15) is 9.90 Å². The van der Waals surface area contributed by atoms with Crippen molar-refractivity contribution in [1.29, 1.82) is 0 Å². The van der Waals surface area contributed by atoms with E-state index >= 15 is 0 Å². The third-order valence-corrected chi connectivity index (χ3v) is 3.61. The van der Waals surface area contributed by atoms with Crippen LogP contribution in [0.25, 0.3) is 0 Å². The summed E-state index contributed by atoms with van der Waals surface area (Å²) in [6, 6.07) is 9.30. The molecule has 0 bridgehead atoms. The molecule has 1 aliphatic heterocycles. The van der Waals surface area contributed by atoms with Crippen molar-refractivity contribution in [2.45, 2.75) is 24.9 Å². The van der Waals surface area contributed by atoms with E-state index in [4.69, 9.17) is 18.0 Å². The van der Waals surface area contributed by atoms with Gasteiger partial charge in [-0.2, -0.15) is 0 Å². The van der Waals surface area contributed by atoms with E-state index in [2.05, 4.69) is 0 Å². The first-order chi connectivity index (χ1) is 9.09. The molecule has 3 N–H and O–H groups in total. The molecular weight excluding hydrogens is 260 g/mol. The number of piperidine rings is 1. The summed E-state index contributed by atoms with van der Waals surface area (Å²) in [5, 5.41) is 9.66. The van der Waals surface area contributed by atoms with Gasteiger partial charge in [0.05, 0.1) is 11.1 Å². The van der Waals surface area contributed by atoms with Gasteiger partial charge in [0, 0.05) is 13.1 Å². The van der Waals surface area contributed by atoms with E-state index in [-0.39, 0.29) is 10.9 Å². The molecule has 0 spiro atoms. The smallest absolute Gasteiger partial charge is 0.237 e. The van der Waals surface area contributed by atoms with E-state index in [1.807, 2.05) is 30.3 Å². The van der Waals surface area contributed by atoms with Gasteiger partial charge < -0.3 is 15.7 Å². The Morgan fingerprint density at radius 2 is 2.11 bits per heavy atom. The minimum absolute atomic E-state index is 0.113. The summed E-state index contributed by atoms with van der Waals surface area (Å²) in [7, 11) is 0. The van der Waals surface area contributed by atoms with Crippen LogP contribution in [0, 0.1) is 0 Å². The topological polar surface area (TPSA) is 66.6 Å². The van der Waals surface area contributed by atoms with Gasteiger partial charge in [0.25, 0.3) is 0 Å². The van der Waals surface area contributed by atoms with Gasteiger partial charge in [-0.3, -0.25) is 4.79 Å². The number of aliphatic hydroxyl groups is 1. The molecule has 2 unspecified atom stereocenters. The summed E-state index contributed by atoms with van der Waals surface area (Å²) in [6.45, 7) is 1.02. The lowest BCUT2D eigenvalue weighted by Gasteiger charge is -2.32. The molecule has 0 aliphatic carbocycles. The minimum Gasteiger partial charge on any atom is -0.392 e. The Hall–Kier alpha value is -1.46. The summed E-state index contributed by atoms with van der Waals surface area (Å²) in [5.74, 6) is -0.709. The van der Waals surface area contributed by atoms with Crippen LogP contribution in [0.15, 0.2) is 30.3 Å². The molecule has 19 heavy (non-hydrogen) atoms. The highest BCUT2D eigenvalue weighted by Gasteiger charge is 2.30. The highest BCUT2D eigenvalue weighted by Crippen LogP contribution is 2.21. The summed E-state index contributed by atoms with van der Waals surface area (Å²) in [4.78, 5) is 14.4. The van der Waals surface area contributed by atoms with Crippen LogP contribution in [0.1, 0.15) is 24.3 Å². The average Bonchev–Trinajstić information content (AvgIpc) is 2.39. The number of carbonyl (C=O) groups is 1. The molecule has 1 aliphatic rings. The standard InChI is InChI=1S/C14H18N2O2S/c15-13(19)12(10-5-2-1-3-6-10)14(18)16-8-4-7-11(17)9-16/h1-3,5-6,11-12,17H,4,7-9H2,(H2,15,19). The van der Waals surface area contributed by atoms with E-state index in [1.165, 1.54) is 0 Å². The number of carbonyl (C=O) groups excluding carboxylic acids is 1. The molecule has 1 amide bonds. The van der Waals surface area contributed by atoms with Gasteiger partial charge in [0.2, 0.25) is 5.91 Å². The highest BCUT2D eigenvalue weighted by atomic mass is 32.1. The monoisotopic (exact) mass is 278 g/mol. The number of hydrogen-bond acceptors (Lipinski definition) is 3. The zero-order valence-corrected chi connectivity index (χ0v) is 11.5. The van der Waals surface area contributed by atoms with Crippen LogP contribution in [0.5, 0.6) is 0 Å². The number of likely N-dealkylation sites (tertiary alicyclic amines) is 1. The highest BCUT2D eigenvalue weighted by molar-refractivity contribution is 7.80. The maximum Gasteiger partial charge on any atom is 0.237 e. The van der Waals surface area contributed by atoms with Gasteiger partial charge in [-0.05, 0) is 18.4 Å². The molecule has 1 fully saturated rings. The van der Waals surface area contributed by atoms with Crippen LogP contribution >= 0.6 is 12.2 Å². The lowest BCUT2D eigenvalue weighted by molar-refractivity contribution is -0.134. The third kappa shape index (κ3) is 3.30. The molecule has 0 radical (unpaired) electrons. The maximum atomic E-state index is 12.5. The van der Waals surface area contributed by atoms with Crippen molar-refractivity contribution < 1.29 is 9.90 Å². The van der Waals surface area contributed by atoms with Crippen LogP contribution in [0.2, 0.25) is 0 Å². The number of amides is 1. The van der Waals surface area contributed by atoms with Crippen molar-refractivity contribution in [3.63, 3.8) is 0 Å². The molecule has 1 heterocycles. The normalized spacial score (nSPS) is 20.9. The molecule has 0 saturated carbocycles. The van der Waals surface area contributed by atoms with Gasteiger partial charge >= 0.3 is 0 Å². The van der Waals surface area contributed by atoms with Crippen LogP contribution in [-0.4, -0.2) is 40.1 Å². The van der Waals surface area contributed by atoms with E-state index in [0.29, 0.717) is 13.1 Å². The summed E-state index contributed by atoms with van der Waals surface area (Å²) >= 11 is 5.04. The number of nitrogens with zero attached hydrogens (tertiary/aromatic N) is 1. The molecule has 1 aromatic carbocycles. The molecule has 5 heteroatoms. The molecule has 102 valence electrons. The molecule has 2 atom stereocenters. The first kappa shape index (κ1) is 14.0. The van der Waals surface area contributed by atoms with Gasteiger partial charge in [-0.25, -0.2) is 0 Å². The van der Waals surface area contributed by atoms with Crippen molar-refractivity contribution in [3.05, 3.63) is 35.9 Å². The van der Waals surface area contributed by atoms with E-state index in [1.54, 1.807) is 4.90 Å². The Morgan fingerprint density at radius 1 is 1.42 bits per heavy atom. The van der Waals surface area contributed by atoms with Gasteiger partial charge in [0.15, 0.2) is 0 Å². The number of rotatable bonds is 3. The van der Waals surface area contributed by atoms with Crippen molar-refractivity contribution in [3.8, 4) is 0 Å². The maximum absolute atomic E-state index is 12.5. The second-order valence-corrected chi connectivity index (χ2v) is 5.30. The van der Waals surface area contributed by atoms with Crippen molar-refractivity contribution >= 4 is 23.1 Å². The number of aliphatic hydroxyl groups excluding tert-OH is 1. The van der Waals surface area contributed by atoms with Crippen LogP contribution < -0.4 is 5.73 Å². The second kappa shape index (κ2) is 6.12.